The molecule has 1 aromatic rings. The Morgan fingerprint density at radius 2 is 0.780 bits per heavy atom. The van der Waals surface area contributed by atoms with Gasteiger partial charge in [0.15, 0.2) is 0 Å². The van der Waals surface area contributed by atoms with Gasteiger partial charge in [-0.05, 0) is 31.0 Å². The number of unbranched alkanes of at least 4 members (excludes halogenated alkanes) is 28. The van der Waals surface area contributed by atoms with Crippen LogP contribution < -0.4 is 10.6 Å². The molecule has 7 nitrogen and oxygen atoms in total. The zero-order valence-electron chi connectivity index (χ0n) is 32.3. The Balaban J connectivity index is 2.21. The zero-order valence-corrected chi connectivity index (χ0v) is 33.1. The van der Waals surface area contributed by atoms with Crippen LogP contribution in [0.1, 0.15) is 219 Å². The van der Waals surface area contributed by atoms with Crippen molar-refractivity contribution in [2.24, 2.45) is 0 Å². The first-order valence-corrected chi connectivity index (χ1v) is 22.4. The van der Waals surface area contributed by atoms with E-state index in [4.69, 9.17) is 0 Å². The van der Waals surface area contributed by atoms with Gasteiger partial charge in [0.25, 0.3) is 0 Å². The van der Waals surface area contributed by atoms with E-state index in [0.717, 1.165) is 38.2 Å². The molecule has 1 aromatic carbocycles. The quantitative estimate of drug-likeness (QED) is 0.0535. The average Bonchev–Trinajstić information content (AvgIpc) is 3.07. The third-order valence-electron chi connectivity index (χ3n) is 9.82. The maximum Gasteiger partial charge on any atom is 0.224 e. The van der Waals surface area contributed by atoms with Crippen molar-refractivity contribution >= 4 is 33.3 Å². The van der Waals surface area contributed by atoms with Crippen LogP contribution in [0.15, 0.2) is 23.1 Å². The summed E-state index contributed by atoms with van der Waals surface area (Å²) < 4.78 is 35.6. The third-order valence-corrected chi connectivity index (χ3v) is 10.7. The Labute approximate surface area is 308 Å². The molecule has 0 heterocycles. The Bertz CT molecular complexity index is 1090. The molecule has 2 amide bonds. The molecule has 0 atom stereocenters. The molecule has 1 rings (SSSR count). The van der Waals surface area contributed by atoms with Crippen molar-refractivity contribution in [2.75, 3.05) is 10.6 Å². The van der Waals surface area contributed by atoms with Gasteiger partial charge >= 0.3 is 0 Å². The summed E-state index contributed by atoms with van der Waals surface area (Å²) in [5, 5.41) is 5.41. The van der Waals surface area contributed by atoms with Crippen LogP contribution in [0.25, 0.3) is 0 Å². The van der Waals surface area contributed by atoms with Gasteiger partial charge in [-0.25, -0.2) is 8.42 Å². The highest BCUT2D eigenvalue weighted by Gasteiger charge is 2.14. The number of benzene rings is 1. The molecule has 0 aliphatic heterocycles. The number of amides is 2. The largest absolute Gasteiger partial charge is 0.744 e. The minimum absolute atomic E-state index is 0.0734. The topological polar surface area (TPSA) is 115 Å². The summed E-state index contributed by atoms with van der Waals surface area (Å²) in [5.74, 6) is -0.488. The number of rotatable bonds is 35. The number of hydrogen-bond acceptors (Lipinski definition) is 5. The molecule has 0 saturated carbocycles. The van der Waals surface area contributed by atoms with E-state index >= 15 is 0 Å². The number of carbonyl (C=O) groups excluding carboxylic acids is 2. The summed E-state index contributed by atoms with van der Waals surface area (Å²) in [7, 11) is -4.79. The predicted molar refractivity (Wildman–Crippen MR) is 211 cm³/mol. The van der Waals surface area contributed by atoms with Gasteiger partial charge in [-0.1, -0.05) is 194 Å². The fraction of sp³-hybridized carbons (Fsp3) is 0.810. The van der Waals surface area contributed by atoms with E-state index in [1.807, 2.05) is 0 Å². The molecule has 50 heavy (non-hydrogen) atoms. The summed E-state index contributed by atoms with van der Waals surface area (Å²) in [4.78, 5) is 24.7. The lowest BCUT2D eigenvalue weighted by Gasteiger charge is -2.16. The molecule has 290 valence electrons. The third kappa shape index (κ3) is 26.8. The lowest BCUT2D eigenvalue weighted by atomic mass is 10.0. The van der Waals surface area contributed by atoms with Crippen molar-refractivity contribution in [3.8, 4) is 0 Å². The van der Waals surface area contributed by atoms with Crippen molar-refractivity contribution < 1.29 is 22.6 Å². The van der Waals surface area contributed by atoms with E-state index in [1.54, 1.807) is 0 Å². The molecule has 0 spiro atoms. The smallest absolute Gasteiger partial charge is 0.224 e. The SMILES string of the molecule is CCCCCCCCCCCCCCCCCC(=O)Nc1ccc(S(=O)(=O)[O-])c(NC(=O)CCCCCCCCCCCCCCCCC)c1. The maximum absolute atomic E-state index is 12.6. The van der Waals surface area contributed by atoms with Gasteiger partial charge in [0.1, 0.15) is 10.1 Å². The first-order valence-electron chi connectivity index (χ1n) is 21.0. The van der Waals surface area contributed by atoms with E-state index in [-0.39, 0.29) is 23.9 Å². The number of anilines is 2. The van der Waals surface area contributed by atoms with Crippen molar-refractivity contribution in [2.45, 2.75) is 224 Å². The molecule has 0 unspecified atom stereocenters. The number of carbonyl (C=O) groups is 2. The van der Waals surface area contributed by atoms with Crippen LogP contribution in [0.4, 0.5) is 11.4 Å². The lowest BCUT2D eigenvalue weighted by molar-refractivity contribution is -0.117. The highest BCUT2D eigenvalue weighted by atomic mass is 32.2. The van der Waals surface area contributed by atoms with Gasteiger partial charge in [0.2, 0.25) is 11.8 Å². The molecular formula is C42H75N2O5S-. The normalized spacial score (nSPS) is 11.6. The van der Waals surface area contributed by atoms with Gasteiger partial charge in [0, 0.05) is 18.5 Å². The summed E-state index contributed by atoms with van der Waals surface area (Å²) in [5.41, 5.74) is 0.293. The predicted octanol–water partition coefficient (Wildman–Crippen LogP) is 13.0. The van der Waals surface area contributed by atoms with Gasteiger partial charge in [0.05, 0.1) is 10.6 Å². The van der Waals surface area contributed by atoms with E-state index in [2.05, 4.69) is 24.5 Å². The van der Waals surface area contributed by atoms with Crippen molar-refractivity contribution in [3.63, 3.8) is 0 Å². The van der Waals surface area contributed by atoms with E-state index in [9.17, 15) is 22.6 Å². The molecular weight excluding hydrogens is 645 g/mol. The summed E-state index contributed by atoms with van der Waals surface area (Å²) in [6.07, 6.45) is 38.1. The fourth-order valence-electron chi connectivity index (χ4n) is 6.67. The van der Waals surface area contributed by atoms with E-state index < -0.39 is 15.0 Å². The monoisotopic (exact) mass is 720 g/mol. The van der Waals surface area contributed by atoms with Crippen LogP contribution in [0.5, 0.6) is 0 Å². The van der Waals surface area contributed by atoms with Crippen LogP contribution in [-0.2, 0) is 19.7 Å². The van der Waals surface area contributed by atoms with Crippen LogP contribution in [0.2, 0.25) is 0 Å². The standard InChI is InChI=1S/C42H76N2O5S/c1-3-5-7-9-11-13-15-17-19-21-23-25-27-29-31-33-41(45)43-38-35-36-40(50(47,48)49)39(37-38)44-42(46)34-32-30-28-26-24-22-20-18-16-14-12-10-8-6-4-2/h35-37H,3-34H2,1-2H3,(H,43,45)(H,44,46)(H,47,48,49)/p-1. The van der Waals surface area contributed by atoms with E-state index in [0.29, 0.717) is 18.5 Å². The molecule has 8 heteroatoms. The van der Waals surface area contributed by atoms with Gasteiger partial charge in [-0.2, -0.15) is 0 Å². The summed E-state index contributed by atoms with van der Waals surface area (Å²) in [6.45, 7) is 4.51. The first kappa shape index (κ1) is 46.1. The second kappa shape index (κ2) is 31.8. The zero-order chi connectivity index (χ0) is 36.5. The number of hydrogen-bond donors (Lipinski definition) is 2. The Kier molecular flexibility index (Phi) is 29.3. The molecule has 0 aliphatic rings. The Hall–Kier alpha value is -1.93. The molecule has 0 fully saturated rings. The van der Waals surface area contributed by atoms with Crippen LogP contribution >= 0.6 is 0 Å². The molecule has 0 saturated heterocycles. The van der Waals surface area contributed by atoms with E-state index in [1.165, 1.54) is 166 Å². The minimum Gasteiger partial charge on any atom is -0.744 e. The summed E-state index contributed by atoms with van der Waals surface area (Å²) >= 11 is 0. The van der Waals surface area contributed by atoms with Crippen LogP contribution in [0.3, 0.4) is 0 Å². The molecule has 0 bridgehead atoms. The van der Waals surface area contributed by atoms with Crippen molar-refractivity contribution in [3.05, 3.63) is 18.2 Å². The highest BCUT2D eigenvalue weighted by Crippen LogP contribution is 2.26. The minimum atomic E-state index is -4.79. The lowest BCUT2D eigenvalue weighted by Crippen LogP contribution is -2.16. The molecule has 2 N–H and O–H groups in total. The Morgan fingerprint density at radius 3 is 1.10 bits per heavy atom. The van der Waals surface area contributed by atoms with Gasteiger partial charge in [-0.3, -0.25) is 9.59 Å². The van der Waals surface area contributed by atoms with Gasteiger partial charge in [-0.15, -0.1) is 0 Å². The molecule has 0 aromatic heterocycles. The number of nitrogens with one attached hydrogen (secondary N) is 2. The van der Waals surface area contributed by atoms with Gasteiger partial charge < -0.3 is 15.2 Å². The molecule has 0 aliphatic carbocycles. The maximum atomic E-state index is 12.6. The highest BCUT2D eigenvalue weighted by molar-refractivity contribution is 7.86. The molecule has 0 radical (unpaired) electrons. The Morgan fingerprint density at radius 1 is 0.480 bits per heavy atom. The van der Waals surface area contributed by atoms with Crippen LogP contribution in [-0.4, -0.2) is 24.8 Å². The van der Waals surface area contributed by atoms with Crippen LogP contribution in [0, 0.1) is 0 Å². The fourth-order valence-corrected chi connectivity index (χ4v) is 7.29. The second-order valence-electron chi connectivity index (χ2n) is 14.7. The second-order valence-corrected chi connectivity index (χ2v) is 16.0. The van der Waals surface area contributed by atoms with Crippen molar-refractivity contribution in [1.29, 1.82) is 0 Å². The summed E-state index contributed by atoms with van der Waals surface area (Å²) in [6, 6.07) is 3.94. The first-order chi connectivity index (χ1) is 24.3. The average molecular weight is 720 g/mol. The van der Waals surface area contributed by atoms with Crippen molar-refractivity contribution in [1.82, 2.24) is 0 Å².